The summed E-state index contributed by atoms with van der Waals surface area (Å²) in [6, 6.07) is 9.72. The molecule has 0 unspecified atom stereocenters. The maximum atomic E-state index is 12.4. The van der Waals surface area contributed by atoms with Crippen molar-refractivity contribution in [2.24, 2.45) is 0 Å². The number of nitrogens with zero attached hydrogens (tertiary/aromatic N) is 3. The van der Waals surface area contributed by atoms with Crippen molar-refractivity contribution in [2.45, 2.75) is 13.3 Å². The van der Waals surface area contributed by atoms with Crippen molar-refractivity contribution in [1.82, 2.24) is 9.88 Å². The smallest absolute Gasteiger partial charge is 0.228 e. The molecule has 0 bridgehead atoms. The minimum atomic E-state index is -0.0805. The molecule has 1 aromatic carbocycles. The normalized spacial score (nSPS) is 15.0. The van der Waals surface area contributed by atoms with Crippen LogP contribution in [0.15, 0.2) is 36.5 Å². The SMILES string of the molecule is COc1ccc(C)cc1CC(=O)Nc1ccc(N2CCN(C)CC2)nc1. The minimum Gasteiger partial charge on any atom is -0.496 e. The lowest BCUT2D eigenvalue weighted by Gasteiger charge is -2.33. The number of aromatic nitrogens is 1. The van der Waals surface area contributed by atoms with Crippen LogP contribution in [0.5, 0.6) is 5.75 Å². The van der Waals surface area contributed by atoms with Crippen LogP contribution in [0, 0.1) is 6.92 Å². The van der Waals surface area contributed by atoms with Gasteiger partial charge in [0.2, 0.25) is 5.91 Å². The first-order chi connectivity index (χ1) is 12.5. The molecule has 1 aliphatic heterocycles. The Bertz CT molecular complexity index is 753. The number of pyridine rings is 1. The lowest BCUT2D eigenvalue weighted by atomic mass is 10.1. The summed E-state index contributed by atoms with van der Waals surface area (Å²) < 4.78 is 5.34. The zero-order chi connectivity index (χ0) is 18.5. The molecule has 6 nitrogen and oxygen atoms in total. The Morgan fingerprint density at radius 2 is 1.96 bits per heavy atom. The Balaban J connectivity index is 1.60. The molecule has 0 radical (unpaired) electrons. The highest BCUT2D eigenvalue weighted by molar-refractivity contribution is 5.92. The molecule has 0 spiro atoms. The van der Waals surface area contributed by atoms with Crippen molar-refractivity contribution in [3.8, 4) is 5.75 Å². The van der Waals surface area contributed by atoms with Crippen molar-refractivity contribution in [3.05, 3.63) is 47.7 Å². The number of carbonyl (C=O) groups is 1. The van der Waals surface area contributed by atoms with Gasteiger partial charge in [-0.05, 0) is 32.2 Å². The molecule has 1 amide bonds. The number of nitrogens with one attached hydrogen (secondary N) is 1. The second-order valence-electron chi connectivity index (χ2n) is 6.74. The van der Waals surface area contributed by atoms with Gasteiger partial charge in [0.1, 0.15) is 11.6 Å². The van der Waals surface area contributed by atoms with Gasteiger partial charge in [-0.15, -0.1) is 0 Å². The number of methoxy groups -OCH3 is 1. The summed E-state index contributed by atoms with van der Waals surface area (Å²) in [5.41, 5.74) is 2.69. The van der Waals surface area contributed by atoms with E-state index in [4.69, 9.17) is 4.74 Å². The summed E-state index contributed by atoms with van der Waals surface area (Å²) in [6.45, 7) is 6.03. The predicted octanol–water partition coefficient (Wildman–Crippen LogP) is 2.33. The van der Waals surface area contributed by atoms with E-state index in [-0.39, 0.29) is 12.3 Å². The summed E-state index contributed by atoms with van der Waals surface area (Å²) >= 11 is 0. The van der Waals surface area contributed by atoms with E-state index in [1.54, 1.807) is 13.3 Å². The van der Waals surface area contributed by atoms with Crippen molar-refractivity contribution >= 4 is 17.4 Å². The largest absolute Gasteiger partial charge is 0.496 e. The highest BCUT2D eigenvalue weighted by atomic mass is 16.5. The van der Waals surface area contributed by atoms with Crippen LogP contribution in [-0.2, 0) is 11.2 Å². The van der Waals surface area contributed by atoms with Crippen LogP contribution in [0.25, 0.3) is 0 Å². The van der Waals surface area contributed by atoms with Gasteiger partial charge in [-0.3, -0.25) is 4.79 Å². The fraction of sp³-hybridized carbons (Fsp3) is 0.400. The van der Waals surface area contributed by atoms with Crippen LogP contribution in [0.4, 0.5) is 11.5 Å². The summed E-state index contributed by atoms with van der Waals surface area (Å²) in [6.07, 6.45) is 1.99. The second-order valence-corrected chi connectivity index (χ2v) is 6.74. The van der Waals surface area contributed by atoms with Gasteiger partial charge >= 0.3 is 0 Å². The topological polar surface area (TPSA) is 57.7 Å². The van der Waals surface area contributed by atoms with Gasteiger partial charge in [-0.25, -0.2) is 4.98 Å². The molecular weight excluding hydrogens is 328 g/mol. The average Bonchev–Trinajstić information content (AvgIpc) is 2.63. The molecule has 1 aromatic heterocycles. The molecule has 1 saturated heterocycles. The third-order valence-electron chi connectivity index (χ3n) is 4.65. The molecule has 1 N–H and O–H groups in total. The second kappa shape index (κ2) is 8.19. The fourth-order valence-electron chi connectivity index (χ4n) is 3.11. The summed E-state index contributed by atoms with van der Waals surface area (Å²) in [5.74, 6) is 1.61. The Labute approximate surface area is 154 Å². The number of benzene rings is 1. The molecule has 6 heteroatoms. The maximum absolute atomic E-state index is 12.4. The molecule has 1 fully saturated rings. The van der Waals surface area contributed by atoms with Gasteiger partial charge in [-0.2, -0.15) is 0 Å². The van der Waals surface area contributed by atoms with E-state index >= 15 is 0 Å². The molecule has 1 aliphatic rings. The molecule has 138 valence electrons. The molecule has 26 heavy (non-hydrogen) atoms. The number of hydrogen-bond acceptors (Lipinski definition) is 5. The van der Waals surface area contributed by atoms with E-state index in [0.717, 1.165) is 48.9 Å². The quantitative estimate of drug-likeness (QED) is 0.893. The number of anilines is 2. The van der Waals surface area contributed by atoms with E-state index in [2.05, 4.69) is 27.1 Å². The molecule has 0 atom stereocenters. The first kappa shape index (κ1) is 18.2. The van der Waals surface area contributed by atoms with Crippen molar-refractivity contribution in [3.63, 3.8) is 0 Å². The van der Waals surface area contributed by atoms with Gasteiger partial charge in [-0.1, -0.05) is 17.7 Å². The third-order valence-corrected chi connectivity index (χ3v) is 4.65. The molecule has 0 aliphatic carbocycles. The summed E-state index contributed by atoms with van der Waals surface area (Å²) in [4.78, 5) is 21.5. The lowest BCUT2D eigenvalue weighted by Crippen LogP contribution is -2.44. The summed E-state index contributed by atoms with van der Waals surface area (Å²) in [5, 5.41) is 2.91. The number of amides is 1. The number of piperazine rings is 1. The van der Waals surface area contributed by atoms with E-state index < -0.39 is 0 Å². The molecule has 0 saturated carbocycles. The number of hydrogen-bond donors (Lipinski definition) is 1. The van der Waals surface area contributed by atoms with Crippen LogP contribution >= 0.6 is 0 Å². The van der Waals surface area contributed by atoms with Crippen molar-refractivity contribution in [1.29, 1.82) is 0 Å². The third kappa shape index (κ3) is 4.52. The van der Waals surface area contributed by atoms with E-state index in [9.17, 15) is 4.79 Å². The van der Waals surface area contributed by atoms with Gasteiger partial charge < -0.3 is 19.9 Å². The Hall–Kier alpha value is -2.60. The van der Waals surface area contributed by atoms with E-state index in [1.165, 1.54) is 0 Å². The molecule has 2 aromatic rings. The lowest BCUT2D eigenvalue weighted by molar-refractivity contribution is -0.115. The Morgan fingerprint density at radius 3 is 2.62 bits per heavy atom. The van der Waals surface area contributed by atoms with Crippen molar-refractivity contribution in [2.75, 3.05) is 50.6 Å². The first-order valence-electron chi connectivity index (χ1n) is 8.88. The van der Waals surface area contributed by atoms with E-state index in [0.29, 0.717) is 5.69 Å². The van der Waals surface area contributed by atoms with Gasteiger partial charge in [0.25, 0.3) is 0 Å². The fourth-order valence-corrected chi connectivity index (χ4v) is 3.11. The zero-order valence-electron chi connectivity index (χ0n) is 15.7. The Kier molecular flexibility index (Phi) is 5.73. The van der Waals surface area contributed by atoms with E-state index in [1.807, 2.05) is 37.3 Å². The highest BCUT2D eigenvalue weighted by Gasteiger charge is 2.15. The van der Waals surface area contributed by atoms with Crippen LogP contribution in [-0.4, -0.2) is 56.1 Å². The molecule has 2 heterocycles. The monoisotopic (exact) mass is 354 g/mol. The van der Waals surface area contributed by atoms with Crippen LogP contribution in [0.1, 0.15) is 11.1 Å². The minimum absolute atomic E-state index is 0.0805. The number of likely N-dealkylation sites (N-methyl/N-ethyl adjacent to an activating group) is 1. The summed E-state index contributed by atoms with van der Waals surface area (Å²) in [7, 11) is 3.75. The number of carbonyl (C=O) groups excluding carboxylic acids is 1. The van der Waals surface area contributed by atoms with Crippen molar-refractivity contribution < 1.29 is 9.53 Å². The van der Waals surface area contributed by atoms with Gasteiger partial charge in [0, 0.05) is 31.7 Å². The highest BCUT2D eigenvalue weighted by Crippen LogP contribution is 2.21. The molecular formula is C20H26N4O2. The van der Waals surface area contributed by atoms with Gasteiger partial charge in [0.05, 0.1) is 25.4 Å². The standard InChI is InChI=1S/C20H26N4O2/c1-15-4-6-18(26-3)16(12-15)13-20(25)22-17-5-7-19(21-14-17)24-10-8-23(2)9-11-24/h4-7,12,14H,8-11,13H2,1-3H3,(H,22,25). The number of rotatable bonds is 5. The Morgan fingerprint density at radius 1 is 1.19 bits per heavy atom. The van der Waals surface area contributed by atoms with Crippen LogP contribution in [0.3, 0.4) is 0 Å². The zero-order valence-corrected chi connectivity index (χ0v) is 15.7. The number of ether oxygens (including phenoxy) is 1. The number of aryl methyl sites for hydroxylation is 1. The first-order valence-corrected chi connectivity index (χ1v) is 8.88. The van der Waals surface area contributed by atoms with Crippen LogP contribution < -0.4 is 15.0 Å². The maximum Gasteiger partial charge on any atom is 0.228 e. The molecule has 3 rings (SSSR count). The van der Waals surface area contributed by atoms with Crippen LogP contribution in [0.2, 0.25) is 0 Å². The average molecular weight is 354 g/mol. The predicted molar refractivity (Wildman–Crippen MR) is 104 cm³/mol. The van der Waals surface area contributed by atoms with Gasteiger partial charge in [0.15, 0.2) is 0 Å².